The first-order chi connectivity index (χ1) is 8.68. The first-order valence-electron chi connectivity index (χ1n) is 6.04. The van der Waals surface area contributed by atoms with E-state index in [4.69, 9.17) is 0 Å². The van der Waals surface area contributed by atoms with Crippen LogP contribution in [0.1, 0.15) is 5.69 Å². The second-order valence-electron chi connectivity index (χ2n) is 4.12. The zero-order valence-corrected chi connectivity index (χ0v) is 11.0. The molecule has 7 heteroatoms. The van der Waals surface area contributed by atoms with Gasteiger partial charge in [-0.1, -0.05) is 6.07 Å². The quantitative estimate of drug-likeness (QED) is 0.746. The van der Waals surface area contributed by atoms with Crippen molar-refractivity contribution in [3.8, 4) is 0 Å². The fourth-order valence-electron chi connectivity index (χ4n) is 1.83. The van der Waals surface area contributed by atoms with E-state index in [1.54, 1.807) is 6.20 Å². The molecule has 1 aliphatic rings. The van der Waals surface area contributed by atoms with Gasteiger partial charge in [-0.2, -0.15) is 12.7 Å². The van der Waals surface area contributed by atoms with Gasteiger partial charge in [0.1, 0.15) is 0 Å². The highest BCUT2D eigenvalue weighted by Gasteiger charge is 2.22. The van der Waals surface area contributed by atoms with Crippen LogP contribution in [0.3, 0.4) is 0 Å². The van der Waals surface area contributed by atoms with Gasteiger partial charge in [-0.25, -0.2) is 4.72 Å². The number of rotatable bonds is 5. The van der Waals surface area contributed by atoms with Gasteiger partial charge in [0.2, 0.25) is 0 Å². The molecule has 100 valence electrons. The van der Waals surface area contributed by atoms with Gasteiger partial charge in [-0.15, -0.1) is 0 Å². The van der Waals surface area contributed by atoms with Crippen molar-refractivity contribution in [1.82, 2.24) is 19.3 Å². The Morgan fingerprint density at radius 2 is 2.11 bits per heavy atom. The second kappa shape index (κ2) is 6.24. The predicted octanol–water partition coefficient (Wildman–Crippen LogP) is -0.636. The molecule has 0 bridgehead atoms. The standard InChI is InChI=1S/C11H18N4O2S/c16-18(17,15-9-7-12-8-10-15)14-6-4-11-3-1-2-5-13-11/h1-3,5,12,14H,4,6-10H2. The third-order valence-corrected chi connectivity index (χ3v) is 4.42. The molecule has 2 N–H and O–H groups in total. The average molecular weight is 270 g/mol. The molecule has 0 radical (unpaired) electrons. The van der Waals surface area contributed by atoms with E-state index in [9.17, 15) is 8.42 Å². The van der Waals surface area contributed by atoms with Gasteiger partial charge in [0.15, 0.2) is 0 Å². The van der Waals surface area contributed by atoms with Crippen LogP contribution in [0.2, 0.25) is 0 Å². The number of hydrogen-bond donors (Lipinski definition) is 2. The van der Waals surface area contributed by atoms with E-state index in [1.807, 2.05) is 18.2 Å². The summed E-state index contributed by atoms with van der Waals surface area (Å²) >= 11 is 0. The minimum Gasteiger partial charge on any atom is -0.314 e. The van der Waals surface area contributed by atoms with E-state index >= 15 is 0 Å². The van der Waals surface area contributed by atoms with Gasteiger partial charge in [-0.3, -0.25) is 4.98 Å². The first-order valence-corrected chi connectivity index (χ1v) is 7.48. The lowest BCUT2D eigenvalue weighted by molar-refractivity contribution is 0.355. The zero-order valence-electron chi connectivity index (χ0n) is 10.2. The lowest BCUT2D eigenvalue weighted by Crippen LogP contribution is -2.50. The van der Waals surface area contributed by atoms with E-state index in [1.165, 1.54) is 4.31 Å². The predicted molar refractivity (Wildman–Crippen MR) is 69.3 cm³/mol. The lowest BCUT2D eigenvalue weighted by atomic mass is 10.3. The molecule has 0 aromatic carbocycles. The molecule has 0 saturated carbocycles. The fraction of sp³-hybridized carbons (Fsp3) is 0.545. The normalized spacial score (nSPS) is 17.8. The number of nitrogens with zero attached hydrogens (tertiary/aromatic N) is 2. The Hall–Kier alpha value is -1.02. The van der Waals surface area contributed by atoms with Crippen molar-refractivity contribution in [2.24, 2.45) is 0 Å². The van der Waals surface area contributed by atoms with Crippen LogP contribution < -0.4 is 10.0 Å². The summed E-state index contributed by atoms with van der Waals surface area (Å²) in [5.41, 5.74) is 0.889. The van der Waals surface area contributed by atoms with Crippen molar-refractivity contribution in [2.45, 2.75) is 6.42 Å². The molecule has 1 saturated heterocycles. The molecule has 1 aromatic rings. The molecular formula is C11H18N4O2S. The van der Waals surface area contributed by atoms with Crippen molar-refractivity contribution in [3.63, 3.8) is 0 Å². The summed E-state index contributed by atoms with van der Waals surface area (Å²) in [5, 5.41) is 3.12. The van der Waals surface area contributed by atoms with Crippen LogP contribution in [0.25, 0.3) is 0 Å². The molecule has 1 aliphatic heterocycles. The van der Waals surface area contributed by atoms with Gasteiger partial charge >= 0.3 is 0 Å². The minimum absolute atomic E-state index is 0.378. The summed E-state index contributed by atoms with van der Waals surface area (Å²) in [7, 11) is -3.34. The summed E-state index contributed by atoms with van der Waals surface area (Å²) in [4.78, 5) is 4.15. The van der Waals surface area contributed by atoms with E-state index in [0.717, 1.165) is 5.69 Å². The Kier molecular flexibility index (Phi) is 4.65. The van der Waals surface area contributed by atoms with E-state index in [0.29, 0.717) is 39.1 Å². The maximum atomic E-state index is 11.9. The smallest absolute Gasteiger partial charge is 0.279 e. The molecule has 1 aromatic heterocycles. The molecular weight excluding hydrogens is 252 g/mol. The maximum Gasteiger partial charge on any atom is 0.279 e. The average Bonchev–Trinajstić information content (AvgIpc) is 2.41. The molecule has 2 heterocycles. The van der Waals surface area contributed by atoms with Crippen LogP contribution in [0, 0.1) is 0 Å². The second-order valence-corrected chi connectivity index (χ2v) is 5.87. The van der Waals surface area contributed by atoms with Gasteiger partial charge < -0.3 is 5.32 Å². The first kappa shape index (κ1) is 13.4. The molecule has 2 rings (SSSR count). The summed E-state index contributed by atoms with van der Waals surface area (Å²) in [6, 6.07) is 5.63. The number of piperazine rings is 1. The fourth-order valence-corrected chi connectivity index (χ4v) is 3.04. The summed E-state index contributed by atoms with van der Waals surface area (Å²) in [6.07, 6.45) is 2.31. The molecule has 0 unspecified atom stereocenters. The Morgan fingerprint density at radius 1 is 1.33 bits per heavy atom. The Bertz CT molecular complexity index is 457. The molecule has 1 fully saturated rings. The largest absolute Gasteiger partial charge is 0.314 e. The summed E-state index contributed by atoms with van der Waals surface area (Å²) in [5.74, 6) is 0. The van der Waals surface area contributed by atoms with E-state index in [2.05, 4.69) is 15.0 Å². The minimum atomic E-state index is -3.34. The Labute approximate surface area is 108 Å². The van der Waals surface area contributed by atoms with Crippen LogP contribution in [0.4, 0.5) is 0 Å². The SMILES string of the molecule is O=S(=O)(NCCc1ccccn1)N1CCNCC1. The van der Waals surface area contributed by atoms with Crippen LogP contribution in [0.15, 0.2) is 24.4 Å². The highest BCUT2D eigenvalue weighted by molar-refractivity contribution is 7.87. The van der Waals surface area contributed by atoms with Crippen LogP contribution in [0.5, 0.6) is 0 Å². The van der Waals surface area contributed by atoms with Crippen molar-refractivity contribution < 1.29 is 8.42 Å². The molecule has 0 aliphatic carbocycles. The van der Waals surface area contributed by atoms with Gasteiger partial charge in [-0.05, 0) is 12.1 Å². The van der Waals surface area contributed by atoms with Gasteiger partial charge in [0.25, 0.3) is 10.2 Å². The Morgan fingerprint density at radius 3 is 2.78 bits per heavy atom. The highest BCUT2D eigenvalue weighted by atomic mass is 32.2. The topological polar surface area (TPSA) is 74.3 Å². The van der Waals surface area contributed by atoms with Crippen molar-refractivity contribution >= 4 is 10.2 Å². The Balaban J connectivity index is 1.82. The van der Waals surface area contributed by atoms with Crippen LogP contribution >= 0.6 is 0 Å². The van der Waals surface area contributed by atoms with Crippen molar-refractivity contribution in [3.05, 3.63) is 30.1 Å². The van der Waals surface area contributed by atoms with Crippen molar-refractivity contribution in [1.29, 1.82) is 0 Å². The monoisotopic (exact) mass is 270 g/mol. The lowest BCUT2D eigenvalue weighted by Gasteiger charge is -2.26. The number of pyridine rings is 1. The number of hydrogen-bond acceptors (Lipinski definition) is 4. The van der Waals surface area contributed by atoms with E-state index < -0.39 is 10.2 Å². The maximum absolute atomic E-state index is 11.9. The molecule has 6 nitrogen and oxygen atoms in total. The molecule has 18 heavy (non-hydrogen) atoms. The zero-order chi connectivity index (χ0) is 12.8. The van der Waals surface area contributed by atoms with Gasteiger partial charge in [0, 0.05) is 51.0 Å². The molecule has 0 atom stereocenters. The van der Waals surface area contributed by atoms with E-state index in [-0.39, 0.29) is 0 Å². The highest BCUT2D eigenvalue weighted by Crippen LogP contribution is 2.00. The third kappa shape index (κ3) is 3.74. The number of nitrogens with one attached hydrogen (secondary N) is 2. The molecule has 0 amide bonds. The summed E-state index contributed by atoms with van der Waals surface area (Å²) < 4.78 is 28.0. The third-order valence-electron chi connectivity index (χ3n) is 2.81. The van der Waals surface area contributed by atoms with Crippen LogP contribution in [-0.2, 0) is 16.6 Å². The van der Waals surface area contributed by atoms with Crippen LogP contribution in [-0.4, -0.2) is 50.4 Å². The summed E-state index contributed by atoms with van der Waals surface area (Å²) in [6.45, 7) is 2.85. The van der Waals surface area contributed by atoms with Crippen molar-refractivity contribution in [2.75, 3.05) is 32.7 Å². The van der Waals surface area contributed by atoms with Gasteiger partial charge in [0.05, 0.1) is 0 Å². The molecule has 0 spiro atoms. The number of aromatic nitrogens is 1.